The number of rotatable bonds is 6. The van der Waals surface area contributed by atoms with Crippen molar-refractivity contribution in [3.05, 3.63) is 123 Å². The summed E-state index contributed by atoms with van der Waals surface area (Å²) in [6, 6.07) is 26.1. The second-order valence-corrected chi connectivity index (χ2v) is 7.96. The fourth-order valence-electron chi connectivity index (χ4n) is 3.87. The van der Waals surface area contributed by atoms with Gasteiger partial charge in [-0.25, -0.2) is 0 Å². The molecule has 172 valence electrons. The molecule has 1 aromatic heterocycles. The minimum Gasteiger partial charge on any atom is -0.493 e. The number of nitrogens with zero attached hydrogens (tertiary/aromatic N) is 4. The topological polar surface area (TPSA) is 108 Å². The summed E-state index contributed by atoms with van der Waals surface area (Å²) in [5, 5.41) is 28.8. The number of benzene rings is 3. The van der Waals surface area contributed by atoms with Crippen LogP contribution in [0.25, 0.3) is 0 Å². The van der Waals surface area contributed by atoms with Gasteiger partial charge in [0.15, 0.2) is 11.5 Å². The maximum atomic E-state index is 13.4. The van der Waals surface area contributed by atoms with Crippen LogP contribution in [0.2, 0.25) is 0 Å². The summed E-state index contributed by atoms with van der Waals surface area (Å²) in [6.45, 7) is 3.29. The number of azo groups is 1. The summed E-state index contributed by atoms with van der Waals surface area (Å²) < 4.78 is 1.14. The lowest BCUT2D eigenvalue weighted by Gasteiger charge is -2.19. The Hall–Kier alpha value is -4.83. The van der Waals surface area contributed by atoms with Crippen LogP contribution in [0, 0.1) is 18.3 Å². The first-order valence-electron chi connectivity index (χ1n) is 11.0. The van der Waals surface area contributed by atoms with Crippen LogP contribution in [-0.4, -0.2) is 15.5 Å². The van der Waals surface area contributed by atoms with Crippen molar-refractivity contribution in [1.82, 2.24) is 4.57 Å². The van der Waals surface area contributed by atoms with E-state index in [0.29, 0.717) is 11.1 Å². The molecular formula is C28H22N4O3. The number of nitriles is 1. The molecule has 0 fully saturated rings. The Morgan fingerprint density at radius 1 is 0.943 bits per heavy atom. The molecule has 0 amide bonds. The van der Waals surface area contributed by atoms with Gasteiger partial charge in [-0.1, -0.05) is 72.8 Å². The Balaban J connectivity index is 1.83. The molecule has 0 aliphatic carbocycles. The third kappa shape index (κ3) is 4.50. The van der Waals surface area contributed by atoms with Gasteiger partial charge in [0, 0.05) is 11.1 Å². The number of aromatic hydroxyl groups is 1. The lowest BCUT2D eigenvalue weighted by atomic mass is 10.0. The van der Waals surface area contributed by atoms with Gasteiger partial charge < -0.3 is 5.11 Å². The number of pyridine rings is 1. The molecule has 0 bridgehead atoms. The molecule has 0 spiro atoms. The van der Waals surface area contributed by atoms with Crippen LogP contribution >= 0.6 is 0 Å². The lowest BCUT2D eigenvalue weighted by Crippen LogP contribution is -2.25. The van der Waals surface area contributed by atoms with Crippen molar-refractivity contribution in [2.45, 2.75) is 19.9 Å². The Bertz CT molecular complexity index is 1520. The Morgan fingerprint density at radius 3 is 2.20 bits per heavy atom. The van der Waals surface area contributed by atoms with Gasteiger partial charge in [-0.3, -0.25) is 14.2 Å². The minimum atomic E-state index is -0.592. The molecule has 0 saturated carbocycles. The van der Waals surface area contributed by atoms with Crippen molar-refractivity contribution >= 4 is 17.2 Å². The van der Waals surface area contributed by atoms with E-state index in [9.17, 15) is 20.0 Å². The Labute approximate surface area is 202 Å². The molecule has 7 nitrogen and oxygen atoms in total. The van der Waals surface area contributed by atoms with Crippen LogP contribution in [0.15, 0.2) is 100.0 Å². The van der Waals surface area contributed by atoms with E-state index in [2.05, 4.69) is 10.2 Å². The van der Waals surface area contributed by atoms with Crippen molar-refractivity contribution in [1.29, 1.82) is 5.26 Å². The molecule has 35 heavy (non-hydrogen) atoms. The standard InChI is InChI=1S/C28H22N4O3/c1-18-23(17-29)27(34)32(19(2)20-11-5-3-6-12-20)28(35)25(18)31-30-24-16-10-9-15-22(24)26(33)21-13-7-4-8-14-21/h3-16,19,34H,1-2H3. The molecule has 1 N–H and O–H groups in total. The molecule has 0 aliphatic rings. The van der Waals surface area contributed by atoms with Gasteiger partial charge in [0.2, 0.25) is 5.88 Å². The predicted molar refractivity (Wildman–Crippen MR) is 133 cm³/mol. The van der Waals surface area contributed by atoms with E-state index < -0.39 is 17.5 Å². The zero-order valence-electron chi connectivity index (χ0n) is 19.2. The van der Waals surface area contributed by atoms with E-state index in [1.54, 1.807) is 55.5 Å². The average Bonchev–Trinajstić information content (AvgIpc) is 2.89. The van der Waals surface area contributed by atoms with E-state index in [-0.39, 0.29) is 28.3 Å². The minimum absolute atomic E-state index is 0.0602. The number of aromatic nitrogens is 1. The van der Waals surface area contributed by atoms with Crippen LogP contribution < -0.4 is 5.56 Å². The zero-order chi connectivity index (χ0) is 24.9. The molecule has 1 atom stereocenters. The number of carbonyl (C=O) groups is 1. The van der Waals surface area contributed by atoms with Gasteiger partial charge >= 0.3 is 0 Å². The number of carbonyl (C=O) groups excluding carboxylic acids is 1. The number of hydrogen-bond acceptors (Lipinski definition) is 6. The first-order valence-corrected chi connectivity index (χ1v) is 11.0. The third-order valence-electron chi connectivity index (χ3n) is 5.83. The summed E-state index contributed by atoms with van der Waals surface area (Å²) in [5.74, 6) is -0.652. The van der Waals surface area contributed by atoms with E-state index >= 15 is 0 Å². The maximum absolute atomic E-state index is 13.4. The van der Waals surface area contributed by atoms with Crippen LogP contribution in [-0.2, 0) is 0 Å². The van der Waals surface area contributed by atoms with Gasteiger partial charge in [0.25, 0.3) is 5.56 Å². The molecule has 4 rings (SSSR count). The van der Waals surface area contributed by atoms with Gasteiger partial charge in [0.05, 0.1) is 17.3 Å². The first kappa shape index (κ1) is 23.3. The van der Waals surface area contributed by atoms with Crippen molar-refractivity contribution in [2.75, 3.05) is 0 Å². The van der Waals surface area contributed by atoms with E-state index in [1.165, 1.54) is 6.92 Å². The van der Waals surface area contributed by atoms with E-state index in [4.69, 9.17) is 0 Å². The Kier molecular flexibility index (Phi) is 6.65. The molecular weight excluding hydrogens is 440 g/mol. The quantitative estimate of drug-likeness (QED) is 0.280. The van der Waals surface area contributed by atoms with Crippen LogP contribution in [0.3, 0.4) is 0 Å². The lowest BCUT2D eigenvalue weighted by molar-refractivity contribution is 0.103. The highest BCUT2D eigenvalue weighted by Gasteiger charge is 2.23. The fraction of sp³-hybridized carbons (Fsp3) is 0.107. The normalized spacial score (nSPS) is 11.8. The molecule has 1 heterocycles. The predicted octanol–water partition coefficient (Wildman–Crippen LogP) is 5.99. The summed E-state index contributed by atoms with van der Waals surface area (Å²) in [5.41, 5.74) is 1.38. The largest absolute Gasteiger partial charge is 0.493 e. The molecule has 3 aromatic carbocycles. The van der Waals surface area contributed by atoms with Gasteiger partial charge in [-0.05, 0) is 31.5 Å². The van der Waals surface area contributed by atoms with Crippen molar-refractivity contribution in [2.24, 2.45) is 10.2 Å². The molecule has 4 aromatic rings. The highest BCUT2D eigenvalue weighted by atomic mass is 16.3. The highest BCUT2D eigenvalue weighted by molar-refractivity contribution is 6.11. The highest BCUT2D eigenvalue weighted by Crippen LogP contribution is 2.31. The third-order valence-corrected chi connectivity index (χ3v) is 5.83. The monoisotopic (exact) mass is 462 g/mol. The maximum Gasteiger partial charge on any atom is 0.282 e. The SMILES string of the molecule is Cc1c(C#N)c(O)n(C(C)c2ccccc2)c(=O)c1N=Nc1ccccc1C(=O)c1ccccc1. The first-order chi connectivity index (χ1) is 16.9. The fourth-order valence-corrected chi connectivity index (χ4v) is 3.87. The number of hydrogen-bond donors (Lipinski definition) is 1. The summed E-state index contributed by atoms with van der Waals surface area (Å²) in [7, 11) is 0. The van der Waals surface area contributed by atoms with E-state index in [1.807, 2.05) is 42.5 Å². The van der Waals surface area contributed by atoms with Crippen molar-refractivity contribution in [3.63, 3.8) is 0 Å². The average molecular weight is 463 g/mol. The van der Waals surface area contributed by atoms with E-state index in [0.717, 1.165) is 10.1 Å². The molecule has 1 unspecified atom stereocenters. The van der Waals surface area contributed by atoms with Crippen LogP contribution in [0.5, 0.6) is 5.88 Å². The zero-order valence-corrected chi connectivity index (χ0v) is 19.2. The van der Waals surface area contributed by atoms with Crippen molar-refractivity contribution < 1.29 is 9.90 Å². The molecule has 0 saturated heterocycles. The molecule has 7 heteroatoms. The van der Waals surface area contributed by atoms with Gasteiger partial charge in [-0.15, -0.1) is 10.2 Å². The Morgan fingerprint density at radius 2 is 1.54 bits per heavy atom. The molecule has 0 aliphatic heterocycles. The van der Waals surface area contributed by atoms with Gasteiger partial charge in [0.1, 0.15) is 11.6 Å². The summed E-state index contributed by atoms with van der Waals surface area (Å²) >= 11 is 0. The summed E-state index contributed by atoms with van der Waals surface area (Å²) in [4.78, 5) is 26.4. The second-order valence-electron chi connectivity index (χ2n) is 7.96. The van der Waals surface area contributed by atoms with Gasteiger partial charge in [-0.2, -0.15) is 5.26 Å². The van der Waals surface area contributed by atoms with Crippen LogP contribution in [0.1, 0.15) is 45.6 Å². The smallest absolute Gasteiger partial charge is 0.282 e. The molecule has 0 radical (unpaired) electrons. The summed E-state index contributed by atoms with van der Waals surface area (Å²) in [6.07, 6.45) is 0. The van der Waals surface area contributed by atoms with Crippen LogP contribution in [0.4, 0.5) is 11.4 Å². The van der Waals surface area contributed by atoms with Crippen molar-refractivity contribution in [3.8, 4) is 11.9 Å². The second kappa shape index (κ2) is 9.98. The number of ketones is 1.